The van der Waals surface area contributed by atoms with Crippen LogP contribution in [0.1, 0.15) is 35.8 Å². The molecule has 2 fully saturated rings. The van der Waals surface area contributed by atoms with Gasteiger partial charge in [0.25, 0.3) is 0 Å². The molecule has 206 valence electrons. The third kappa shape index (κ3) is 4.64. The number of hydrogen-bond donors (Lipinski definition) is 2. The molecule has 4 aromatic rings. The number of aliphatic imine (C=N–C) groups is 1. The van der Waals surface area contributed by atoms with Crippen LogP contribution in [0.5, 0.6) is 11.5 Å². The maximum Gasteiger partial charge on any atom is 0.331 e. The monoisotopic (exact) mass is 565 g/mol. The molecule has 3 aliphatic rings. The minimum absolute atomic E-state index is 0.0969. The lowest BCUT2D eigenvalue weighted by atomic mass is 10.1. The molecule has 3 amide bonds. The van der Waals surface area contributed by atoms with Gasteiger partial charge >= 0.3 is 6.03 Å². The van der Waals surface area contributed by atoms with Crippen LogP contribution >= 0.6 is 11.3 Å². The van der Waals surface area contributed by atoms with Crippen LogP contribution < -0.4 is 20.3 Å². The fourth-order valence-corrected chi connectivity index (χ4v) is 6.71. The highest BCUT2D eigenvalue weighted by Gasteiger charge is 2.46. The number of epoxide rings is 1. The second-order valence-corrected chi connectivity index (χ2v) is 11.2. The third-order valence-electron chi connectivity index (χ3n) is 7.51. The number of aryl methyl sites for hydroxylation is 1. The minimum atomic E-state index is -0.353. The van der Waals surface area contributed by atoms with E-state index in [0.29, 0.717) is 5.75 Å². The summed E-state index contributed by atoms with van der Waals surface area (Å²) >= 11 is 1.51. The lowest BCUT2D eigenvalue weighted by Gasteiger charge is -2.29. The van der Waals surface area contributed by atoms with Crippen molar-refractivity contribution in [3.05, 3.63) is 83.9 Å². The number of pyridine rings is 1. The lowest BCUT2D eigenvalue weighted by Crippen LogP contribution is -2.36. The third-order valence-corrected chi connectivity index (χ3v) is 8.67. The van der Waals surface area contributed by atoms with Gasteiger partial charge in [0.2, 0.25) is 5.91 Å². The number of aromatic nitrogens is 1. The Morgan fingerprint density at radius 1 is 1.22 bits per heavy atom. The van der Waals surface area contributed by atoms with Crippen LogP contribution in [0, 0.1) is 6.92 Å². The highest BCUT2D eigenvalue weighted by molar-refractivity contribution is 7.19. The topological polar surface area (TPSA) is 108 Å². The minimum Gasteiger partial charge on any atom is -0.457 e. The van der Waals surface area contributed by atoms with Gasteiger partial charge in [0.1, 0.15) is 22.4 Å². The van der Waals surface area contributed by atoms with Gasteiger partial charge in [0.05, 0.1) is 33.4 Å². The number of ether oxygens (including phenoxy) is 2. The number of hydrogen-bond acceptors (Lipinski definition) is 7. The van der Waals surface area contributed by atoms with E-state index in [0.717, 1.165) is 68.4 Å². The van der Waals surface area contributed by atoms with E-state index < -0.39 is 0 Å². The number of carbonyl (C=O) groups is 2. The fourth-order valence-electron chi connectivity index (χ4n) is 5.54. The molecule has 0 bridgehead atoms. The number of amides is 3. The van der Waals surface area contributed by atoms with Gasteiger partial charge in [-0.25, -0.2) is 9.78 Å². The quantitative estimate of drug-likeness (QED) is 0.190. The molecule has 0 spiro atoms. The number of rotatable bonds is 7. The van der Waals surface area contributed by atoms with E-state index in [2.05, 4.69) is 22.2 Å². The smallest absolute Gasteiger partial charge is 0.331 e. The van der Waals surface area contributed by atoms with Crippen molar-refractivity contribution in [1.82, 2.24) is 10.3 Å². The highest BCUT2D eigenvalue weighted by Crippen LogP contribution is 2.53. The number of urea groups is 1. The molecule has 1 saturated heterocycles. The van der Waals surface area contributed by atoms with E-state index in [4.69, 9.17) is 14.5 Å². The van der Waals surface area contributed by atoms with Gasteiger partial charge in [0, 0.05) is 11.9 Å². The van der Waals surface area contributed by atoms with Gasteiger partial charge in [-0.2, -0.15) is 0 Å². The molecule has 10 heteroatoms. The SMILES string of the molecule is C=CC(=O)N[C@H]1CCC/C1=N/C1OC1c1sc2nccc3c2c1NC(=O)N3c1ccc(Oc2ccccc2)cc1C. The zero-order chi connectivity index (χ0) is 28.1. The standard InChI is InChI=1S/C31H27N5O4S/c1-3-24(37)33-20-10-7-11-21(20)34-29-27(40-29)28-26-25-23(14-15-32-30(25)41-28)36(31(38)35-26)22-13-12-19(16-17(22)2)39-18-8-5-4-6-9-18/h3-6,8-9,12-16,20,27,29H,1,7,10-11H2,2H3,(H,33,37)(H,35,38)/b34-21-/t20-,27?,29?/m0/s1. The number of benzene rings is 2. The molecular weight excluding hydrogens is 538 g/mol. The summed E-state index contributed by atoms with van der Waals surface area (Å²) in [5.41, 5.74) is 4.09. The normalized spacial score (nSPS) is 22.1. The molecule has 2 aromatic heterocycles. The molecule has 2 aliphatic heterocycles. The van der Waals surface area contributed by atoms with Crippen molar-refractivity contribution in [1.29, 1.82) is 0 Å². The van der Waals surface area contributed by atoms with Crippen LogP contribution in [0.4, 0.5) is 21.9 Å². The zero-order valence-electron chi connectivity index (χ0n) is 22.3. The number of thiophene rings is 1. The maximum absolute atomic E-state index is 13.6. The number of carbonyl (C=O) groups excluding carboxylic acids is 2. The first-order valence-electron chi connectivity index (χ1n) is 13.5. The van der Waals surface area contributed by atoms with Crippen molar-refractivity contribution in [3.8, 4) is 11.5 Å². The van der Waals surface area contributed by atoms with Crippen molar-refractivity contribution in [2.75, 3.05) is 10.2 Å². The zero-order valence-corrected chi connectivity index (χ0v) is 23.1. The van der Waals surface area contributed by atoms with Crippen molar-refractivity contribution >= 4 is 56.3 Å². The van der Waals surface area contributed by atoms with E-state index >= 15 is 0 Å². The van der Waals surface area contributed by atoms with Gasteiger partial charge in [0.15, 0.2) is 6.23 Å². The summed E-state index contributed by atoms with van der Waals surface area (Å²) in [6.07, 6.45) is 5.01. The van der Waals surface area contributed by atoms with Crippen molar-refractivity contribution in [2.45, 2.75) is 44.6 Å². The van der Waals surface area contributed by atoms with E-state index in [1.165, 1.54) is 17.4 Å². The Hall–Kier alpha value is -4.54. The van der Waals surface area contributed by atoms with Crippen LogP contribution in [-0.4, -0.2) is 34.9 Å². The molecular formula is C31H27N5O4S. The Labute approximate surface area is 240 Å². The van der Waals surface area contributed by atoms with Crippen LogP contribution in [0.3, 0.4) is 0 Å². The van der Waals surface area contributed by atoms with Crippen LogP contribution in [0.25, 0.3) is 10.2 Å². The Kier molecular flexibility index (Phi) is 6.29. The summed E-state index contributed by atoms with van der Waals surface area (Å²) in [7, 11) is 0. The van der Waals surface area contributed by atoms with E-state index in [1.54, 1.807) is 11.1 Å². The number of para-hydroxylation sites is 1. The average Bonchev–Trinajstić information content (AvgIpc) is 3.44. The fraction of sp³-hybridized carbons (Fsp3) is 0.226. The molecule has 3 atom stereocenters. The largest absolute Gasteiger partial charge is 0.457 e. The Morgan fingerprint density at radius 3 is 2.88 bits per heavy atom. The van der Waals surface area contributed by atoms with E-state index in [-0.39, 0.29) is 30.3 Å². The Bertz CT molecular complexity index is 1730. The number of anilines is 3. The summed E-state index contributed by atoms with van der Waals surface area (Å²) in [5, 5.41) is 6.95. The molecule has 9 nitrogen and oxygen atoms in total. The summed E-state index contributed by atoms with van der Waals surface area (Å²) < 4.78 is 12.0. The molecule has 2 unspecified atom stereocenters. The molecule has 0 radical (unpaired) electrons. The van der Waals surface area contributed by atoms with Gasteiger partial charge < -0.3 is 20.1 Å². The van der Waals surface area contributed by atoms with Crippen LogP contribution in [-0.2, 0) is 9.53 Å². The summed E-state index contributed by atoms with van der Waals surface area (Å²) in [6, 6.07) is 16.8. The van der Waals surface area contributed by atoms with Gasteiger partial charge in [-0.05, 0) is 74.2 Å². The predicted molar refractivity (Wildman–Crippen MR) is 160 cm³/mol. The van der Waals surface area contributed by atoms with Crippen molar-refractivity contribution in [2.24, 2.45) is 4.99 Å². The van der Waals surface area contributed by atoms with E-state index in [1.807, 2.05) is 61.5 Å². The molecule has 7 rings (SSSR count). The van der Waals surface area contributed by atoms with Crippen molar-refractivity contribution < 1.29 is 19.1 Å². The summed E-state index contributed by atoms with van der Waals surface area (Å²) in [5.74, 6) is 1.24. The summed E-state index contributed by atoms with van der Waals surface area (Å²) in [6.45, 7) is 5.50. The van der Waals surface area contributed by atoms with E-state index in [9.17, 15) is 9.59 Å². The van der Waals surface area contributed by atoms with Crippen molar-refractivity contribution in [3.63, 3.8) is 0 Å². The maximum atomic E-state index is 13.6. The average molecular weight is 566 g/mol. The van der Waals surface area contributed by atoms with Crippen LogP contribution in [0.15, 0.2) is 78.4 Å². The molecule has 2 N–H and O–H groups in total. The first-order chi connectivity index (χ1) is 20.0. The Balaban J connectivity index is 1.18. The first kappa shape index (κ1) is 25.4. The molecule has 41 heavy (non-hydrogen) atoms. The Morgan fingerprint density at radius 2 is 2.07 bits per heavy atom. The number of nitrogens with zero attached hydrogens (tertiary/aromatic N) is 3. The molecule has 1 aliphatic carbocycles. The highest BCUT2D eigenvalue weighted by atomic mass is 32.1. The predicted octanol–water partition coefficient (Wildman–Crippen LogP) is 6.77. The molecule has 2 aromatic carbocycles. The van der Waals surface area contributed by atoms with Gasteiger partial charge in [-0.15, -0.1) is 11.3 Å². The molecule has 4 heterocycles. The van der Waals surface area contributed by atoms with Crippen LogP contribution in [0.2, 0.25) is 0 Å². The van der Waals surface area contributed by atoms with Gasteiger partial charge in [-0.3, -0.25) is 14.7 Å². The summed E-state index contributed by atoms with van der Waals surface area (Å²) in [4.78, 5) is 38.3. The second kappa shape index (κ2) is 10.1. The lowest BCUT2D eigenvalue weighted by molar-refractivity contribution is -0.116. The number of nitrogens with one attached hydrogen (secondary N) is 2. The van der Waals surface area contributed by atoms with Gasteiger partial charge in [-0.1, -0.05) is 24.8 Å². The second-order valence-electron chi connectivity index (χ2n) is 10.2. The molecule has 1 saturated carbocycles. The first-order valence-corrected chi connectivity index (χ1v) is 14.3.